The Morgan fingerprint density at radius 2 is 1.96 bits per heavy atom. The lowest BCUT2D eigenvalue weighted by molar-refractivity contribution is 0.541. The lowest BCUT2D eigenvalue weighted by atomic mass is 10.1. The number of rotatable bonds is 4. The van der Waals surface area contributed by atoms with Crippen LogP contribution in [0, 0.1) is 6.92 Å². The number of aryl methyl sites for hydroxylation is 1. The molecule has 7 nitrogen and oxygen atoms in total. The van der Waals surface area contributed by atoms with Gasteiger partial charge in [-0.15, -0.1) is 0 Å². The minimum atomic E-state index is 0.181. The fourth-order valence-electron chi connectivity index (χ4n) is 2.68. The number of hydrogen-bond donors (Lipinski definition) is 1. The van der Waals surface area contributed by atoms with Gasteiger partial charge in [-0.2, -0.15) is 19.6 Å². The van der Waals surface area contributed by atoms with Crippen LogP contribution in [0.5, 0.6) is 0 Å². The minimum Gasteiger partial charge on any atom is -0.458 e. The Bertz CT molecular complexity index is 1050. The van der Waals surface area contributed by atoms with E-state index in [1.54, 1.807) is 10.7 Å². The Balaban J connectivity index is 1.80. The van der Waals surface area contributed by atoms with Crippen LogP contribution in [-0.2, 0) is 11.8 Å². The molecule has 0 aliphatic rings. The van der Waals surface area contributed by atoms with Gasteiger partial charge in [-0.25, -0.2) is 0 Å². The normalized spacial score (nSPS) is 11.3. The van der Waals surface area contributed by atoms with Crippen LogP contribution in [0.15, 0.2) is 40.9 Å². The van der Waals surface area contributed by atoms with Gasteiger partial charge in [-0.3, -0.25) is 4.98 Å². The van der Waals surface area contributed by atoms with Gasteiger partial charge in [0.05, 0.1) is 11.9 Å². The highest BCUT2D eigenvalue weighted by molar-refractivity contribution is 9.08. The highest BCUT2D eigenvalue weighted by Gasteiger charge is 2.16. The molecule has 0 unspecified atom stereocenters. The predicted molar refractivity (Wildman–Crippen MR) is 97.3 cm³/mol. The second kappa shape index (κ2) is 6.29. The molecule has 0 amide bonds. The number of aromatic nitrogens is 5. The summed E-state index contributed by atoms with van der Waals surface area (Å²) in [7, 11) is 0. The molecular weight excluding hydrogens is 384 g/mol. The molecule has 0 radical (unpaired) electrons. The second-order valence-corrected chi connectivity index (χ2v) is 6.21. The highest BCUT2D eigenvalue weighted by atomic mass is 79.9. The van der Waals surface area contributed by atoms with Crippen LogP contribution in [0.3, 0.4) is 0 Å². The van der Waals surface area contributed by atoms with Gasteiger partial charge >= 0.3 is 0 Å². The van der Waals surface area contributed by atoms with E-state index in [2.05, 4.69) is 36.0 Å². The molecular formula is C17H15BrN6O. The minimum absolute atomic E-state index is 0.181. The summed E-state index contributed by atoms with van der Waals surface area (Å²) in [6.07, 6.45) is 2.38. The van der Waals surface area contributed by atoms with E-state index in [0.717, 1.165) is 22.7 Å². The van der Waals surface area contributed by atoms with Gasteiger partial charge in [-0.1, -0.05) is 22.0 Å². The number of nitrogens with two attached hydrogens (primary N) is 1. The number of fused-ring (bicyclic) bond motifs is 1. The zero-order chi connectivity index (χ0) is 17.4. The van der Waals surface area contributed by atoms with Gasteiger partial charge < -0.3 is 10.2 Å². The average Bonchev–Trinajstić information content (AvgIpc) is 3.21. The zero-order valence-electron chi connectivity index (χ0n) is 13.5. The van der Waals surface area contributed by atoms with Crippen LogP contribution in [0.2, 0.25) is 0 Å². The Morgan fingerprint density at radius 3 is 2.72 bits per heavy atom. The lowest BCUT2D eigenvalue weighted by Gasteiger charge is -2.04. The van der Waals surface area contributed by atoms with Crippen molar-refractivity contribution in [3.63, 3.8) is 0 Å². The number of nitrogens with zero attached hydrogens (tertiary/aromatic N) is 5. The summed E-state index contributed by atoms with van der Waals surface area (Å²) in [6.45, 7) is 1.88. The van der Waals surface area contributed by atoms with Crippen molar-refractivity contribution < 1.29 is 4.42 Å². The van der Waals surface area contributed by atoms with Gasteiger partial charge in [0.2, 0.25) is 11.8 Å². The summed E-state index contributed by atoms with van der Waals surface area (Å²) >= 11 is 3.43. The van der Waals surface area contributed by atoms with Gasteiger partial charge in [0.25, 0.3) is 0 Å². The number of nitrogen functional groups attached to an aromatic ring is 1. The van der Waals surface area contributed by atoms with E-state index in [0.29, 0.717) is 29.0 Å². The first-order valence-electron chi connectivity index (χ1n) is 7.72. The van der Waals surface area contributed by atoms with Gasteiger partial charge in [0.15, 0.2) is 11.4 Å². The van der Waals surface area contributed by atoms with Crippen molar-refractivity contribution >= 4 is 27.5 Å². The largest absolute Gasteiger partial charge is 0.458 e. The summed E-state index contributed by atoms with van der Waals surface area (Å²) in [5, 5.41) is 5.14. The van der Waals surface area contributed by atoms with Gasteiger partial charge in [0.1, 0.15) is 5.76 Å². The van der Waals surface area contributed by atoms with Crippen LogP contribution in [0.4, 0.5) is 5.95 Å². The molecule has 0 spiro atoms. The zero-order valence-corrected chi connectivity index (χ0v) is 15.1. The van der Waals surface area contributed by atoms with E-state index in [9.17, 15) is 0 Å². The number of halogens is 1. The molecule has 4 heterocycles. The van der Waals surface area contributed by atoms with Crippen LogP contribution >= 0.6 is 15.9 Å². The summed E-state index contributed by atoms with van der Waals surface area (Å²) < 4.78 is 7.32. The monoisotopic (exact) mass is 398 g/mol. The van der Waals surface area contributed by atoms with E-state index in [1.165, 1.54) is 0 Å². The summed E-state index contributed by atoms with van der Waals surface area (Å²) in [5.41, 5.74) is 9.42. The Labute approximate surface area is 152 Å². The Kier molecular flexibility index (Phi) is 3.96. The fourth-order valence-corrected chi connectivity index (χ4v) is 2.99. The van der Waals surface area contributed by atoms with E-state index in [1.807, 2.05) is 37.3 Å². The van der Waals surface area contributed by atoms with Crippen molar-refractivity contribution in [3.8, 4) is 11.6 Å². The fraction of sp³-hybridized carbons (Fsp3) is 0.176. The lowest BCUT2D eigenvalue weighted by Crippen LogP contribution is -2.05. The predicted octanol–water partition coefficient (Wildman–Crippen LogP) is 3.16. The number of anilines is 1. The van der Waals surface area contributed by atoms with Crippen molar-refractivity contribution in [1.29, 1.82) is 0 Å². The maximum atomic E-state index is 5.91. The molecule has 0 atom stereocenters. The molecule has 25 heavy (non-hydrogen) atoms. The summed E-state index contributed by atoms with van der Waals surface area (Å²) in [5.74, 6) is 2.11. The third kappa shape index (κ3) is 3.00. The number of pyridine rings is 1. The quantitative estimate of drug-likeness (QED) is 0.530. The van der Waals surface area contributed by atoms with Crippen LogP contribution in [0.25, 0.3) is 17.2 Å². The van der Waals surface area contributed by atoms with E-state index >= 15 is 0 Å². The van der Waals surface area contributed by atoms with Gasteiger partial charge in [-0.05, 0) is 31.2 Å². The maximum Gasteiger partial charge on any atom is 0.224 e. The standard InChI is InChI=1S/C17H15BrN6O/c1-10-5-6-14(25-10)16-23-17(19)22-15-11(9-20-24(15)16)7-12-3-2-4-13(8-18)21-12/h2-6,9H,7-8H2,1H3,(H2,19,22). The number of hydrogen-bond acceptors (Lipinski definition) is 6. The average molecular weight is 399 g/mol. The van der Waals surface area contributed by atoms with Gasteiger partial charge in [0, 0.05) is 23.0 Å². The molecule has 0 saturated heterocycles. The van der Waals surface area contributed by atoms with E-state index in [-0.39, 0.29) is 5.95 Å². The molecule has 4 rings (SSSR count). The maximum absolute atomic E-state index is 5.91. The SMILES string of the molecule is Cc1ccc(-c2nc(N)nc3c(Cc4cccc(CBr)n4)cnn23)o1. The molecule has 0 bridgehead atoms. The second-order valence-electron chi connectivity index (χ2n) is 5.65. The number of alkyl halides is 1. The molecule has 126 valence electrons. The van der Waals surface area contributed by atoms with Crippen molar-refractivity contribution in [2.75, 3.05) is 5.73 Å². The van der Waals surface area contributed by atoms with Crippen LogP contribution < -0.4 is 5.73 Å². The summed E-state index contributed by atoms with van der Waals surface area (Å²) in [4.78, 5) is 13.2. The first kappa shape index (κ1) is 15.8. The number of furan rings is 1. The molecule has 8 heteroatoms. The van der Waals surface area contributed by atoms with E-state index < -0.39 is 0 Å². The topological polar surface area (TPSA) is 95.1 Å². The Morgan fingerprint density at radius 1 is 1.12 bits per heavy atom. The molecule has 0 fully saturated rings. The van der Waals surface area contributed by atoms with Crippen molar-refractivity contribution in [2.45, 2.75) is 18.7 Å². The van der Waals surface area contributed by atoms with E-state index in [4.69, 9.17) is 10.2 Å². The molecule has 2 N–H and O–H groups in total. The molecule has 4 aromatic rings. The molecule has 0 saturated carbocycles. The molecule has 4 aromatic heterocycles. The van der Waals surface area contributed by atoms with Crippen LogP contribution in [-0.4, -0.2) is 24.6 Å². The highest BCUT2D eigenvalue weighted by Crippen LogP contribution is 2.23. The third-order valence-electron chi connectivity index (χ3n) is 3.79. The first-order chi connectivity index (χ1) is 12.1. The molecule has 0 aliphatic carbocycles. The van der Waals surface area contributed by atoms with Crippen molar-refractivity contribution in [2.24, 2.45) is 0 Å². The van der Waals surface area contributed by atoms with Crippen LogP contribution in [0.1, 0.15) is 22.7 Å². The smallest absolute Gasteiger partial charge is 0.224 e. The summed E-state index contributed by atoms with van der Waals surface area (Å²) in [6, 6.07) is 9.67. The molecule has 0 aromatic carbocycles. The van der Waals surface area contributed by atoms with Crippen molar-refractivity contribution in [3.05, 3.63) is 59.2 Å². The first-order valence-corrected chi connectivity index (χ1v) is 8.84. The third-order valence-corrected chi connectivity index (χ3v) is 4.37. The molecule has 0 aliphatic heterocycles. The Hall–Kier alpha value is -2.74. The van der Waals surface area contributed by atoms with Crippen molar-refractivity contribution in [1.82, 2.24) is 24.6 Å².